The van der Waals surface area contributed by atoms with Gasteiger partial charge in [0.15, 0.2) is 0 Å². The second kappa shape index (κ2) is 5.15. The maximum Gasteiger partial charge on any atom is 0.338 e. The quantitative estimate of drug-likeness (QED) is 0.765. The SMILES string of the molecule is O=C(O)c1coc(CNc2c(Cl)ccc3scnc23)c1. The molecule has 0 radical (unpaired) electrons. The predicted molar refractivity (Wildman–Crippen MR) is 77.6 cm³/mol. The van der Waals surface area contributed by atoms with Crippen molar-refractivity contribution in [2.75, 3.05) is 5.32 Å². The number of anilines is 1. The molecule has 7 heteroatoms. The van der Waals surface area contributed by atoms with Gasteiger partial charge in [0.2, 0.25) is 0 Å². The Balaban J connectivity index is 1.84. The minimum Gasteiger partial charge on any atom is -0.478 e. The zero-order chi connectivity index (χ0) is 14.1. The van der Waals surface area contributed by atoms with E-state index in [0.29, 0.717) is 17.3 Å². The number of aromatic nitrogens is 1. The number of thiazole rings is 1. The van der Waals surface area contributed by atoms with Crippen LogP contribution in [-0.4, -0.2) is 16.1 Å². The predicted octanol–water partition coefficient (Wildman–Crippen LogP) is 3.85. The fourth-order valence-electron chi connectivity index (χ4n) is 1.84. The zero-order valence-corrected chi connectivity index (χ0v) is 11.7. The highest BCUT2D eigenvalue weighted by molar-refractivity contribution is 7.16. The molecule has 2 aromatic heterocycles. The van der Waals surface area contributed by atoms with Crippen molar-refractivity contribution in [2.45, 2.75) is 6.54 Å². The van der Waals surface area contributed by atoms with Gasteiger partial charge in [-0.05, 0) is 18.2 Å². The van der Waals surface area contributed by atoms with E-state index >= 15 is 0 Å². The lowest BCUT2D eigenvalue weighted by molar-refractivity contribution is 0.0696. The van der Waals surface area contributed by atoms with Crippen LogP contribution in [0.4, 0.5) is 5.69 Å². The summed E-state index contributed by atoms with van der Waals surface area (Å²) in [5, 5.41) is 12.5. The highest BCUT2D eigenvalue weighted by Gasteiger charge is 2.11. The van der Waals surface area contributed by atoms with Crippen LogP contribution in [0.15, 0.2) is 34.4 Å². The van der Waals surface area contributed by atoms with E-state index in [-0.39, 0.29) is 5.56 Å². The fourth-order valence-corrected chi connectivity index (χ4v) is 2.74. The van der Waals surface area contributed by atoms with E-state index in [9.17, 15) is 4.79 Å². The van der Waals surface area contributed by atoms with Gasteiger partial charge in [-0.15, -0.1) is 11.3 Å². The van der Waals surface area contributed by atoms with Gasteiger partial charge in [-0.25, -0.2) is 9.78 Å². The number of carboxylic acid groups (broad SMARTS) is 1. The summed E-state index contributed by atoms with van der Waals surface area (Å²) in [7, 11) is 0. The number of hydrogen-bond acceptors (Lipinski definition) is 5. The summed E-state index contributed by atoms with van der Waals surface area (Å²) < 4.78 is 6.21. The van der Waals surface area contributed by atoms with E-state index in [2.05, 4.69) is 10.3 Å². The van der Waals surface area contributed by atoms with Gasteiger partial charge in [-0.3, -0.25) is 0 Å². The number of furan rings is 1. The van der Waals surface area contributed by atoms with E-state index in [1.807, 2.05) is 6.07 Å². The van der Waals surface area contributed by atoms with Crippen molar-refractivity contribution in [3.05, 3.63) is 46.3 Å². The van der Waals surface area contributed by atoms with Crippen molar-refractivity contribution in [1.82, 2.24) is 4.98 Å². The lowest BCUT2D eigenvalue weighted by Crippen LogP contribution is -2.00. The number of carbonyl (C=O) groups is 1. The average Bonchev–Trinajstić information content (AvgIpc) is 3.05. The topological polar surface area (TPSA) is 75.4 Å². The molecule has 5 nitrogen and oxygen atoms in total. The third-order valence-corrected chi connectivity index (χ3v) is 3.90. The van der Waals surface area contributed by atoms with E-state index in [1.165, 1.54) is 23.7 Å². The van der Waals surface area contributed by atoms with Crippen LogP contribution in [-0.2, 0) is 6.54 Å². The second-order valence-corrected chi connectivity index (χ2v) is 5.38. The first kappa shape index (κ1) is 13.0. The Kier molecular flexibility index (Phi) is 3.33. The number of nitrogens with one attached hydrogen (secondary N) is 1. The molecule has 0 bridgehead atoms. The number of benzene rings is 1. The van der Waals surface area contributed by atoms with Crippen LogP contribution in [0.2, 0.25) is 5.02 Å². The minimum absolute atomic E-state index is 0.125. The third kappa shape index (κ3) is 2.35. The molecule has 0 aliphatic carbocycles. The third-order valence-electron chi connectivity index (χ3n) is 2.79. The maximum atomic E-state index is 10.8. The molecule has 3 rings (SSSR count). The van der Waals surface area contributed by atoms with Crippen LogP contribution in [0.25, 0.3) is 10.2 Å². The largest absolute Gasteiger partial charge is 0.478 e. The summed E-state index contributed by atoms with van der Waals surface area (Å²) >= 11 is 7.69. The molecular formula is C13H9ClN2O3S. The molecule has 0 aliphatic heterocycles. The summed E-state index contributed by atoms with van der Waals surface area (Å²) in [4.78, 5) is 15.0. The molecule has 1 aromatic carbocycles. The Hall–Kier alpha value is -2.05. The summed E-state index contributed by atoms with van der Waals surface area (Å²) in [6, 6.07) is 5.19. The molecule has 0 aliphatic rings. The number of fused-ring (bicyclic) bond motifs is 1. The van der Waals surface area contributed by atoms with Crippen molar-refractivity contribution in [1.29, 1.82) is 0 Å². The Morgan fingerprint density at radius 1 is 1.50 bits per heavy atom. The molecule has 3 aromatic rings. The standard InChI is InChI=1S/C13H9ClN2O3S/c14-9-1-2-10-12(16-6-20-10)11(9)15-4-8-3-7(5-19-8)13(17)18/h1-3,5-6,15H,4H2,(H,17,18). The highest BCUT2D eigenvalue weighted by Crippen LogP contribution is 2.32. The molecular weight excluding hydrogens is 300 g/mol. The summed E-state index contributed by atoms with van der Waals surface area (Å²) in [5.74, 6) is -0.495. The summed E-state index contributed by atoms with van der Waals surface area (Å²) in [6.07, 6.45) is 1.21. The first-order chi connectivity index (χ1) is 9.65. The molecule has 0 spiro atoms. The van der Waals surface area contributed by atoms with Crippen LogP contribution in [0.3, 0.4) is 0 Å². The number of rotatable bonds is 4. The molecule has 2 N–H and O–H groups in total. The molecule has 20 heavy (non-hydrogen) atoms. The Morgan fingerprint density at radius 3 is 3.10 bits per heavy atom. The van der Waals surface area contributed by atoms with Gasteiger partial charge < -0.3 is 14.8 Å². The number of hydrogen-bond donors (Lipinski definition) is 2. The second-order valence-electron chi connectivity index (χ2n) is 4.08. The maximum absolute atomic E-state index is 10.8. The van der Waals surface area contributed by atoms with Crippen molar-refractivity contribution in [3.63, 3.8) is 0 Å². The molecule has 0 saturated carbocycles. The van der Waals surface area contributed by atoms with Crippen molar-refractivity contribution in [3.8, 4) is 0 Å². The first-order valence-corrected chi connectivity index (χ1v) is 6.97. The van der Waals surface area contributed by atoms with E-state index in [0.717, 1.165) is 15.9 Å². The van der Waals surface area contributed by atoms with Crippen LogP contribution in [0, 0.1) is 0 Å². The normalized spacial score (nSPS) is 10.8. The number of aromatic carboxylic acids is 1. The molecule has 0 amide bonds. The zero-order valence-electron chi connectivity index (χ0n) is 10.1. The van der Waals surface area contributed by atoms with Crippen LogP contribution < -0.4 is 5.32 Å². The van der Waals surface area contributed by atoms with Gasteiger partial charge in [0.25, 0.3) is 0 Å². The monoisotopic (exact) mass is 308 g/mol. The first-order valence-electron chi connectivity index (χ1n) is 5.71. The highest BCUT2D eigenvalue weighted by atomic mass is 35.5. The van der Waals surface area contributed by atoms with Crippen molar-refractivity contribution < 1.29 is 14.3 Å². The van der Waals surface area contributed by atoms with Gasteiger partial charge >= 0.3 is 5.97 Å². The molecule has 0 unspecified atom stereocenters. The van der Waals surface area contributed by atoms with Crippen LogP contribution >= 0.6 is 22.9 Å². The van der Waals surface area contributed by atoms with E-state index in [1.54, 1.807) is 11.6 Å². The Labute approximate surface area is 122 Å². The molecule has 102 valence electrons. The van der Waals surface area contributed by atoms with Gasteiger partial charge in [-0.1, -0.05) is 11.6 Å². The molecule has 2 heterocycles. The number of halogens is 1. The van der Waals surface area contributed by atoms with Crippen molar-refractivity contribution in [2.24, 2.45) is 0 Å². The molecule has 0 saturated heterocycles. The van der Waals surface area contributed by atoms with Crippen molar-refractivity contribution >= 4 is 44.8 Å². The lowest BCUT2D eigenvalue weighted by Gasteiger charge is -2.07. The summed E-state index contributed by atoms with van der Waals surface area (Å²) in [6.45, 7) is 0.337. The summed E-state index contributed by atoms with van der Waals surface area (Å²) in [5.41, 5.74) is 3.40. The van der Waals surface area contributed by atoms with Gasteiger partial charge in [0.1, 0.15) is 17.5 Å². The Morgan fingerprint density at radius 2 is 2.35 bits per heavy atom. The number of nitrogens with zero attached hydrogens (tertiary/aromatic N) is 1. The lowest BCUT2D eigenvalue weighted by atomic mass is 10.2. The minimum atomic E-state index is -1.01. The van der Waals surface area contributed by atoms with Crippen LogP contribution in [0.1, 0.15) is 16.1 Å². The average molecular weight is 309 g/mol. The van der Waals surface area contributed by atoms with Crippen LogP contribution in [0.5, 0.6) is 0 Å². The molecule has 0 atom stereocenters. The van der Waals surface area contributed by atoms with E-state index < -0.39 is 5.97 Å². The van der Waals surface area contributed by atoms with Gasteiger partial charge in [-0.2, -0.15) is 0 Å². The van der Waals surface area contributed by atoms with Gasteiger partial charge in [0.05, 0.1) is 33.0 Å². The Bertz CT molecular complexity index is 781. The van der Waals surface area contributed by atoms with Gasteiger partial charge in [0, 0.05) is 0 Å². The molecule has 0 fully saturated rings. The smallest absolute Gasteiger partial charge is 0.338 e. The number of carboxylic acids is 1. The fraction of sp³-hybridized carbons (Fsp3) is 0.0769. The van der Waals surface area contributed by atoms with E-state index in [4.69, 9.17) is 21.1 Å².